The third-order valence-electron chi connectivity index (χ3n) is 5.55. The topological polar surface area (TPSA) is 129 Å². The molecular formula is C21H25F6N5O5S. The largest absolute Gasteiger partial charge is 0.490 e. The zero-order valence-electron chi connectivity index (χ0n) is 20.0. The maximum absolute atomic E-state index is 10.6. The lowest BCUT2D eigenvalue weighted by molar-refractivity contribution is -0.193. The molecule has 4 rings (SSSR count). The van der Waals surface area contributed by atoms with E-state index in [9.17, 15) is 26.3 Å². The van der Waals surface area contributed by atoms with E-state index < -0.39 is 24.3 Å². The van der Waals surface area contributed by atoms with Crippen LogP contribution in [0.15, 0.2) is 23.7 Å². The number of aryl methyl sites for hydroxylation is 1. The SMILES string of the molecule is Cc1ccc(N2CCC3(CC2)COCCN(c2nccs2)C3)nn1.O=C(O)C(F)(F)F.O=C(O)C(F)(F)F. The molecule has 2 saturated heterocycles. The van der Waals surface area contributed by atoms with E-state index in [2.05, 4.69) is 31.0 Å². The lowest BCUT2D eigenvalue weighted by Gasteiger charge is -2.42. The standard InChI is InChI=1S/C17H23N5OS.2C2HF3O2/c1-14-2-3-15(20-19-14)21-7-4-17(5-8-21)12-22(9-10-23-13-17)16-18-6-11-24-16;2*3-2(4,5)1(6)7/h2-3,6,11H,4-5,7-10,12-13H2,1H3;2*(H,6,7). The molecule has 38 heavy (non-hydrogen) atoms. The molecule has 2 aromatic heterocycles. The molecule has 0 saturated carbocycles. The van der Waals surface area contributed by atoms with Crippen LogP contribution in [0.3, 0.4) is 0 Å². The highest BCUT2D eigenvalue weighted by atomic mass is 32.1. The maximum Gasteiger partial charge on any atom is 0.490 e. The van der Waals surface area contributed by atoms with E-state index in [0.717, 1.165) is 68.9 Å². The fourth-order valence-electron chi connectivity index (χ4n) is 3.60. The van der Waals surface area contributed by atoms with E-state index in [-0.39, 0.29) is 5.41 Å². The van der Waals surface area contributed by atoms with E-state index in [1.54, 1.807) is 11.3 Å². The third-order valence-corrected chi connectivity index (χ3v) is 6.38. The number of aliphatic carboxylic acids is 2. The number of ether oxygens (including phenoxy) is 1. The van der Waals surface area contributed by atoms with Crippen molar-refractivity contribution in [2.45, 2.75) is 32.1 Å². The molecule has 2 fully saturated rings. The minimum absolute atomic E-state index is 0.219. The van der Waals surface area contributed by atoms with Crippen LogP contribution in [0, 0.1) is 12.3 Å². The third kappa shape index (κ3) is 9.59. The molecule has 0 bridgehead atoms. The summed E-state index contributed by atoms with van der Waals surface area (Å²) in [5.41, 5.74) is 1.18. The van der Waals surface area contributed by atoms with Crippen LogP contribution in [0.4, 0.5) is 37.3 Å². The quantitative estimate of drug-likeness (QED) is 0.514. The number of halogens is 6. The molecular weight excluding hydrogens is 548 g/mol. The van der Waals surface area contributed by atoms with Gasteiger partial charge in [-0.1, -0.05) is 0 Å². The molecule has 0 amide bonds. The van der Waals surface area contributed by atoms with Gasteiger partial charge in [0.1, 0.15) is 0 Å². The summed E-state index contributed by atoms with van der Waals surface area (Å²) in [5, 5.41) is 25.9. The first-order valence-corrected chi connectivity index (χ1v) is 11.9. The van der Waals surface area contributed by atoms with Crippen LogP contribution in [0.2, 0.25) is 0 Å². The number of carbonyl (C=O) groups is 2. The molecule has 0 aliphatic carbocycles. The van der Waals surface area contributed by atoms with E-state index in [4.69, 9.17) is 24.5 Å². The predicted octanol–water partition coefficient (Wildman–Crippen LogP) is 3.63. The molecule has 2 aliphatic rings. The molecule has 2 aliphatic heterocycles. The Morgan fingerprint density at radius 1 is 0.974 bits per heavy atom. The van der Waals surface area contributed by atoms with Gasteiger partial charge >= 0.3 is 24.3 Å². The zero-order valence-corrected chi connectivity index (χ0v) is 20.8. The average molecular weight is 574 g/mol. The van der Waals surface area contributed by atoms with Crippen molar-refractivity contribution in [3.63, 3.8) is 0 Å². The number of carboxylic acids is 2. The lowest BCUT2D eigenvalue weighted by Crippen LogP contribution is -2.47. The molecule has 0 unspecified atom stereocenters. The van der Waals surface area contributed by atoms with Gasteiger partial charge in [-0.3, -0.25) is 0 Å². The van der Waals surface area contributed by atoms with Crippen LogP contribution in [0.25, 0.3) is 0 Å². The molecule has 4 heterocycles. The molecule has 0 aromatic carbocycles. The molecule has 0 atom stereocenters. The summed E-state index contributed by atoms with van der Waals surface area (Å²) in [7, 11) is 0. The minimum atomic E-state index is -5.08. The van der Waals surface area contributed by atoms with Gasteiger partial charge in [-0.2, -0.15) is 31.4 Å². The van der Waals surface area contributed by atoms with Gasteiger partial charge in [0, 0.05) is 43.2 Å². The number of nitrogens with zero attached hydrogens (tertiary/aromatic N) is 5. The van der Waals surface area contributed by atoms with Gasteiger partial charge in [0.05, 0.1) is 18.9 Å². The molecule has 10 nitrogen and oxygen atoms in total. The highest BCUT2D eigenvalue weighted by Crippen LogP contribution is 2.37. The minimum Gasteiger partial charge on any atom is -0.475 e. The summed E-state index contributed by atoms with van der Waals surface area (Å²) in [5.74, 6) is -4.53. The fourth-order valence-corrected chi connectivity index (χ4v) is 4.27. The summed E-state index contributed by atoms with van der Waals surface area (Å²) in [6, 6.07) is 4.11. The molecule has 0 radical (unpaired) electrons. The summed E-state index contributed by atoms with van der Waals surface area (Å²) < 4.78 is 69.4. The number of hydrogen-bond acceptors (Lipinski definition) is 9. The lowest BCUT2D eigenvalue weighted by atomic mass is 9.78. The van der Waals surface area contributed by atoms with E-state index >= 15 is 0 Å². The molecule has 1 spiro atoms. The predicted molar refractivity (Wildman–Crippen MR) is 123 cm³/mol. The van der Waals surface area contributed by atoms with Gasteiger partial charge < -0.3 is 24.7 Å². The van der Waals surface area contributed by atoms with Crippen LogP contribution in [0.1, 0.15) is 18.5 Å². The van der Waals surface area contributed by atoms with E-state index in [0.29, 0.717) is 0 Å². The summed E-state index contributed by atoms with van der Waals surface area (Å²) in [4.78, 5) is 27.0. The Bertz CT molecular complexity index is 1000. The Kier molecular flexibility index (Phi) is 10.6. The monoisotopic (exact) mass is 573 g/mol. The van der Waals surface area contributed by atoms with E-state index in [1.165, 1.54) is 0 Å². The van der Waals surface area contributed by atoms with Crippen LogP contribution in [-0.4, -0.2) is 89.1 Å². The molecule has 17 heteroatoms. The van der Waals surface area contributed by atoms with Gasteiger partial charge in [0.2, 0.25) is 0 Å². The summed E-state index contributed by atoms with van der Waals surface area (Å²) >= 11 is 1.72. The number of piperidine rings is 1. The fraction of sp³-hybridized carbons (Fsp3) is 0.571. The first-order valence-electron chi connectivity index (χ1n) is 11.0. The Balaban J connectivity index is 0.000000301. The average Bonchev–Trinajstić information content (AvgIpc) is 3.29. The Hall–Kier alpha value is -3.21. The van der Waals surface area contributed by atoms with Gasteiger partial charge in [-0.25, -0.2) is 14.6 Å². The van der Waals surface area contributed by atoms with Crippen molar-refractivity contribution >= 4 is 34.2 Å². The summed E-state index contributed by atoms with van der Waals surface area (Å²) in [6.07, 6.45) is -6.05. The Morgan fingerprint density at radius 3 is 2.00 bits per heavy atom. The van der Waals surface area contributed by atoms with Crippen LogP contribution in [-0.2, 0) is 14.3 Å². The number of alkyl halides is 6. The second kappa shape index (κ2) is 13.0. The first-order chi connectivity index (χ1) is 17.6. The number of thiazole rings is 1. The number of rotatable bonds is 2. The van der Waals surface area contributed by atoms with Crippen molar-refractivity contribution < 1.29 is 50.9 Å². The van der Waals surface area contributed by atoms with Crippen molar-refractivity contribution in [2.75, 3.05) is 49.2 Å². The Labute approximate surface area is 216 Å². The second-order valence-corrected chi connectivity index (χ2v) is 9.29. The van der Waals surface area contributed by atoms with Gasteiger partial charge in [0.15, 0.2) is 10.9 Å². The number of aromatic nitrogens is 3. The van der Waals surface area contributed by atoms with Crippen molar-refractivity contribution in [1.82, 2.24) is 15.2 Å². The number of carboxylic acid groups (broad SMARTS) is 2. The van der Waals surface area contributed by atoms with Crippen molar-refractivity contribution in [3.8, 4) is 0 Å². The van der Waals surface area contributed by atoms with Crippen molar-refractivity contribution in [2.24, 2.45) is 5.41 Å². The van der Waals surface area contributed by atoms with Crippen LogP contribution >= 0.6 is 11.3 Å². The zero-order chi connectivity index (χ0) is 28.6. The van der Waals surface area contributed by atoms with Crippen molar-refractivity contribution in [1.29, 1.82) is 0 Å². The molecule has 212 valence electrons. The van der Waals surface area contributed by atoms with E-state index in [1.807, 2.05) is 24.6 Å². The van der Waals surface area contributed by atoms with Gasteiger partial charge in [-0.15, -0.1) is 16.4 Å². The smallest absolute Gasteiger partial charge is 0.475 e. The van der Waals surface area contributed by atoms with Crippen LogP contribution in [0.5, 0.6) is 0 Å². The van der Waals surface area contributed by atoms with Gasteiger partial charge in [-0.05, 0) is 31.9 Å². The highest BCUT2D eigenvalue weighted by Gasteiger charge is 2.40. The number of hydrogen-bond donors (Lipinski definition) is 2. The van der Waals surface area contributed by atoms with Crippen molar-refractivity contribution in [3.05, 3.63) is 29.4 Å². The Morgan fingerprint density at radius 2 is 1.55 bits per heavy atom. The first kappa shape index (κ1) is 31.0. The molecule has 2 aromatic rings. The second-order valence-electron chi connectivity index (χ2n) is 8.41. The summed E-state index contributed by atoms with van der Waals surface area (Å²) in [6.45, 7) is 7.59. The maximum atomic E-state index is 10.6. The van der Waals surface area contributed by atoms with Crippen LogP contribution < -0.4 is 9.80 Å². The molecule has 2 N–H and O–H groups in total. The normalized spacial score (nSPS) is 17.4. The number of anilines is 2. The highest BCUT2D eigenvalue weighted by molar-refractivity contribution is 7.13. The van der Waals surface area contributed by atoms with Gasteiger partial charge in [0.25, 0.3) is 0 Å².